The molecule has 2 aromatic carbocycles. The van der Waals surface area contributed by atoms with Crippen molar-refractivity contribution in [3.8, 4) is 0 Å². The van der Waals surface area contributed by atoms with Gasteiger partial charge < -0.3 is 10.4 Å². The third-order valence-electron chi connectivity index (χ3n) is 2.64. The molecule has 2 N–H and O–H groups in total. The molecule has 0 saturated carbocycles. The standard InChI is InChI=1S/C16H17NO2S/c1-11(2)20-13-7-5-6-12(10-13)17-15-9-4-3-8-14(15)16(18)19/h3-11,17H,1-2H3,(H,18,19). The molecule has 0 amide bonds. The molecule has 0 unspecified atom stereocenters. The van der Waals surface area contributed by atoms with E-state index in [1.54, 1.807) is 30.0 Å². The van der Waals surface area contributed by atoms with E-state index in [9.17, 15) is 9.90 Å². The lowest BCUT2D eigenvalue weighted by Crippen LogP contribution is -2.02. The van der Waals surface area contributed by atoms with Crippen molar-refractivity contribution in [2.45, 2.75) is 24.0 Å². The van der Waals surface area contributed by atoms with E-state index < -0.39 is 5.97 Å². The first-order valence-corrected chi connectivity index (χ1v) is 7.30. The van der Waals surface area contributed by atoms with Crippen molar-refractivity contribution in [1.29, 1.82) is 0 Å². The van der Waals surface area contributed by atoms with Crippen LogP contribution < -0.4 is 5.32 Å². The quantitative estimate of drug-likeness (QED) is 0.787. The summed E-state index contributed by atoms with van der Waals surface area (Å²) >= 11 is 1.78. The predicted octanol–water partition coefficient (Wildman–Crippen LogP) is 4.63. The fourth-order valence-electron chi connectivity index (χ4n) is 1.85. The number of aromatic carboxylic acids is 1. The molecule has 0 fully saturated rings. The topological polar surface area (TPSA) is 49.3 Å². The van der Waals surface area contributed by atoms with Gasteiger partial charge in [-0.25, -0.2) is 4.79 Å². The smallest absolute Gasteiger partial charge is 0.337 e. The van der Waals surface area contributed by atoms with Gasteiger partial charge >= 0.3 is 5.97 Å². The van der Waals surface area contributed by atoms with E-state index in [-0.39, 0.29) is 5.56 Å². The maximum absolute atomic E-state index is 11.2. The van der Waals surface area contributed by atoms with Crippen molar-refractivity contribution in [3.05, 3.63) is 54.1 Å². The number of benzene rings is 2. The molecule has 0 aromatic heterocycles. The van der Waals surface area contributed by atoms with Crippen LogP contribution >= 0.6 is 11.8 Å². The number of hydrogen-bond donors (Lipinski definition) is 2. The molecular formula is C16H17NO2S. The van der Waals surface area contributed by atoms with Gasteiger partial charge in [0.1, 0.15) is 0 Å². The Morgan fingerprint density at radius 3 is 2.60 bits per heavy atom. The Morgan fingerprint density at radius 1 is 1.15 bits per heavy atom. The molecule has 0 atom stereocenters. The van der Waals surface area contributed by atoms with Crippen LogP contribution in [0.25, 0.3) is 0 Å². The van der Waals surface area contributed by atoms with Gasteiger partial charge in [-0.1, -0.05) is 32.0 Å². The summed E-state index contributed by atoms with van der Waals surface area (Å²) in [6.07, 6.45) is 0. The molecule has 3 nitrogen and oxygen atoms in total. The summed E-state index contributed by atoms with van der Waals surface area (Å²) in [5, 5.41) is 12.9. The van der Waals surface area contributed by atoms with Crippen molar-refractivity contribution >= 4 is 29.1 Å². The van der Waals surface area contributed by atoms with Gasteiger partial charge in [0.25, 0.3) is 0 Å². The van der Waals surface area contributed by atoms with Gasteiger partial charge in [0, 0.05) is 15.8 Å². The van der Waals surface area contributed by atoms with Crippen LogP contribution in [-0.4, -0.2) is 16.3 Å². The largest absolute Gasteiger partial charge is 0.478 e. The van der Waals surface area contributed by atoms with E-state index in [0.29, 0.717) is 10.9 Å². The van der Waals surface area contributed by atoms with Crippen molar-refractivity contribution < 1.29 is 9.90 Å². The number of rotatable bonds is 5. The summed E-state index contributed by atoms with van der Waals surface area (Å²) in [5.41, 5.74) is 1.77. The molecule has 0 bridgehead atoms. The molecule has 0 heterocycles. The van der Waals surface area contributed by atoms with Crippen LogP contribution in [0.5, 0.6) is 0 Å². The number of carboxylic acids is 1. The second kappa shape index (κ2) is 6.48. The van der Waals surface area contributed by atoms with Crippen LogP contribution in [0.15, 0.2) is 53.4 Å². The minimum atomic E-state index is -0.930. The lowest BCUT2D eigenvalue weighted by atomic mass is 10.1. The monoisotopic (exact) mass is 287 g/mol. The summed E-state index contributed by atoms with van der Waals surface area (Å²) in [5.74, 6) is -0.930. The number of carbonyl (C=O) groups is 1. The number of anilines is 2. The Kier molecular flexibility index (Phi) is 4.69. The van der Waals surface area contributed by atoms with Crippen LogP contribution in [0.4, 0.5) is 11.4 Å². The van der Waals surface area contributed by atoms with Crippen molar-refractivity contribution in [2.24, 2.45) is 0 Å². The average Bonchev–Trinajstić information content (AvgIpc) is 2.38. The first-order valence-electron chi connectivity index (χ1n) is 6.42. The SMILES string of the molecule is CC(C)Sc1cccc(Nc2ccccc2C(=O)O)c1. The number of carboxylic acid groups (broad SMARTS) is 1. The van der Waals surface area contributed by atoms with Gasteiger partial charge in [-0.3, -0.25) is 0 Å². The zero-order valence-electron chi connectivity index (χ0n) is 11.5. The molecule has 0 aliphatic rings. The molecule has 2 aromatic rings. The van der Waals surface area contributed by atoms with Crippen molar-refractivity contribution in [3.63, 3.8) is 0 Å². The highest BCUT2D eigenvalue weighted by molar-refractivity contribution is 7.99. The highest BCUT2D eigenvalue weighted by atomic mass is 32.2. The van der Waals surface area contributed by atoms with Crippen LogP contribution in [0, 0.1) is 0 Å². The predicted molar refractivity (Wildman–Crippen MR) is 84.1 cm³/mol. The summed E-state index contributed by atoms with van der Waals surface area (Å²) < 4.78 is 0. The van der Waals surface area contributed by atoms with Gasteiger partial charge in [-0.15, -0.1) is 11.8 Å². The van der Waals surface area contributed by atoms with Crippen molar-refractivity contribution in [1.82, 2.24) is 0 Å². The molecule has 104 valence electrons. The van der Waals surface area contributed by atoms with E-state index in [2.05, 4.69) is 25.2 Å². The van der Waals surface area contributed by atoms with Crippen LogP contribution in [-0.2, 0) is 0 Å². The Balaban J connectivity index is 2.24. The second-order valence-electron chi connectivity index (χ2n) is 4.67. The minimum absolute atomic E-state index is 0.273. The highest BCUT2D eigenvalue weighted by Gasteiger charge is 2.09. The molecule has 0 saturated heterocycles. The lowest BCUT2D eigenvalue weighted by Gasteiger charge is -2.11. The normalized spacial score (nSPS) is 10.6. The van der Waals surface area contributed by atoms with E-state index >= 15 is 0 Å². The molecular weight excluding hydrogens is 270 g/mol. The zero-order chi connectivity index (χ0) is 14.5. The van der Waals surface area contributed by atoms with Crippen LogP contribution in [0.1, 0.15) is 24.2 Å². The average molecular weight is 287 g/mol. The van der Waals surface area contributed by atoms with Crippen LogP contribution in [0.3, 0.4) is 0 Å². The molecule has 2 rings (SSSR count). The first-order chi connectivity index (χ1) is 9.56. The summed E-state index contributed by atoms with van der Waals surface area (Å²) in [4.78, 5) is 12.3. The van der Waals surface area contributed by atoms with Gasteiger partial charge in [0.15, 0.2) is 0 Å². The third kappa shape index (κ3) is 3.78. The number of hydrogen-bond acceptors (Lipinski definition) is 3. The van der Waals surface area contributed by atoms with Gasteiger partial charge in [-0.2, -0.15) is 0 Å². The number of thioether (sulfide) groups is 1. The lowest BCUT2D eigenvalue weighted by molar-refractivity contribution is 0.0698. The zero-order valence-corrected chi connectivity index (χ0v) is 12.3. The van der Waals surface area contributed by atoms with Gasteiger partial charge in [0.2, 0.25) is 0 Å². The van der Waals surface area contributed by atoms with E-state index in [4.69, 9.17) is 0 Å². The Morgan fingerprint density at radius 2 is 1.90 bits per heavy atom. The molecule has 0 spiro atoms. The Labute approximate surface area is 123 Å². The number of nitrogens with one attached hydrogen (secondary N) is 1. The van der Waals surface area contributed by atoms with E-state index in [1.807, 2.05) is 24.3 Å². The van der Waals surface area contributed by atoms with Crippen molar-refractivity contribution in [2.75, 3.05) is 5.32 Å². The second-order valence-corrected chi connectivity index (χ2v) is 6.32. The molecule has 0 aliphatic carbocycles. The first kappa shape index (κ1) is 14.5. The summed E-state index contributed by atoms with van der Waals surface area (Å²) in [6, 6.07) is 14.9. The van der Waals surface area contributed by atoms with Gasteiger partial charge in [0.05, 0.1) is 11.3 Å². The van der Waals surface area contributed by atoms with E-state index in [1.165, 1.54) is 0 Å². The highest BCUT2D eigenvalue weighted by Crippen LogP contribution is 2.27. The molecule has 4 heteroatoms. The van der Waals surface area contributed by atoms with E-state index in [0.717, 1.165) is 10.6 Å². The minimum Gasteiger partial charge on any atom is -0.478 e. The molecule has 0 aliphatic heterocycles. The fourth-order valence-corrected chi connectivity index (χ4v) is 2.75. The van der Waals surface area contributed by atoms with Crippen LogP contribution in [0.2, 0.25) is 0 Å². The maximum atomic E-state index is 11.2. The number of para-hydroxylation sites is 1. The Bertz CT molecular complexity index is 611. The van der Waals surface area contributed by atoms with Gasteiger partial charge in [-0.05, 0) is 30.3 Å². The summed E-state index contributed by atoms with van der Waals surface area (Å²) in [6.45, 7) is 4.29. The summed E-state index contributed by atoms with van der Waals surface area (Å²) in [7, 11) is 0. The molecule has 20 heavy (non-hydrogen) atoms. The third-order valence-corrected chi connectivity index (χ3v) is 3.64. The Hall–Kier alpha value is -1.94. The fraction of sp³-hybridized carbons (Fsp3) is 0.188. The molecule has 0 radical (unpaired) electrons. The maximum Gasteiger partial charge on any atom is 0.337 e.